The van der Waals surface area contributed by atoms with E-state index in [-0.39, 0.29) is 5.54 Å². The number of halogens is 1. The third-order valence-corrected chi connectivity index (χ3v) is 7.11. The average molecular weight is 485 g/mol. The number of rotatable bonds is 6. The van der Waals surface area contributed by atoms with Gasteiger partial charge in [-0.15, -0.1) is 0 Å². The summed E-state index contributed by atoms with van der Waals surface area (Å²) >= 11 is 0. The molecule has 3 aromatic heterocycles. The number of fused-ring (bicyclic) bond motifs is 1. The van der Waals surface area contributed by atoms with Gasteiger partial charge < -0.3 is 25.0 Å². The standard InChI is InChI=1S/C23H29FN8O3/c1-23(4-5-23)28-22(33)35-16-3-2-14(20(16)24)15-12-17(30-29-15)26-21-27-19(31-8-10-34-11-9-31)13-18-25-6-7-32(18)21/h6-7,12-14,16,20H,2-5,8-11H2,1H3,(H,28,33)(H2,26,27,29,30)/t14-,16-,20-/m0/s1. The van der Waals surface area contributed by atoms with E-state index in [1.165, 1.54) is 0 Å². The van der Waals surface area contributed by atoms with Crippen molar-refractivity contribution in [3.63, 3.8) is 0 Å². The molecule has 0 radical (unpaired) electrons. The van der Waals surface area contributed by atoms with Crippen LogP contribution in [0.1, 0.15) is 44.2 Å². The molecule has 2 saturated carbocycles. The van der Waals surface area contributed by atoms with Gasteiger partial charge in [-0.05, 0) is 32.6 Å². The van der Waals surface area contributed by atoms with E-state index in [2.05, 4.69) is 30.7 Å². The number of anilines is 3. The van der Waals surface area contributed by atoms with Crippen molar-refractivity contribution < 1.29 is 18.7 Å². The second-order valence-corrected chi connectivity index (χ2v) is 9.78. The lowest BCUT2D eigenvalue weighted by Crippen LogP contribution is -2.38. The minimum Gasteiger partial charge on any atom is -0.443 e. The minimum absolute atomic E-state index is 0.196. The van der Waals surface area contributed by atoms with E-state index in [9.17, 15) is 4.79 Å². The molecular weight excluding hydrogens is 455 g/mol. The molecule has 4 heterocycles. The number of aromatic nitrogens is 5. The smallest absolute Gasteiger partial charge is 0.407 e. The summed E-state index contributed by atoms with van der Waals surface area (Å²) in [5.41, 5.74) is 1.23. The molecule has 35 heavy (non-hydrogen) atoms. The third kappa shape index (κ3) is 4.49. The molecule has 0 aromatic carbocycles. The van der Waals surface area contributed by atoms with E-state index in [1.807, 2.05) is 23.6 Å². The summed E-state index contributed by atoms with van der Waals surface area (Å²) in [6.45, 7) is 4.79. The van der Waals surface area contributed by atoms with Crippen LogP contribution in [0.2, 0.25) is 0 Å². The Morgan fingerprint density at radius 2 is 2.11 bits per heavy atom. The van der Waals surface area contributed by atoms with Crippen molar-refractivity contribution >= 4 is 29.3 Å². The Hall–Kier alpha value is -3.41. The summed E-state index contributed by atoms with van der Waals surface area (Å²) in [5.74, 6) is 1.48. The van der Waals surface area contributed by atoms with Crippen LogP contribution in [0.15, 0.2) is 24.5 Å². The number of alkyl carbamates (subject to hydrolysis) is 1. The highest BCUT2D eigenvalue weighted by Crippen LogP contribution is 2.39. The summed E-state index contributed by atoms with van der Waals surface area (Å²) in [4.78, 5) is 23.5. The fourth-order valence-corrected chi connectivity index (χ4v) is 4.76. The largest absolute Gasteiger partial charge is 0.443 e. The quantitative estimate of drug-likeness (QED) is 0.488. The first kappa shape index (κ1) is 22.1. The van der Waals surface area contributed by atoms with Crippen molar-refractivity contribution in [3.05, 3.63) is 30.2 Å². The maximum atomic E-state index is 15.2. The van der Waals surface area contributed by atoms with Gasteiger partial charge in [0.05, 0.1) is 13.2 Å². The second-order valence-electron chi connectivity index (χ2n) is 9.78. The van der Waals surface area contributed by atoms with Gasteiger partial charge >= 0.3 is 6.09 Å². The third-order valence-electron chi connectivity index (χ3n) is 7.11. The molecule has 3 atom stereocenters. The zero-order valence-corrected chi connectivity index (χ0v) is 19.5. The number of hydrogen-bond acceptors (Lipinski definition) is 8. The maximum Gasteiger partial charge on any atom is 0.407 e. The van der Waals surface area contributed by atoms with E-state index in [1.54, 1.807) is 12.3 Å². The zero-order valence-electron chi connectivity index (χ0n) is 19.5. The number of carbonyl (C=O) groups is 1. The number of nitrogens with one attached hydrogen (secondary N) is 3. The zero-order chi connectivity index (χ0) is 24.0. The second kappa shape index (κ2) is 8.67. The molecule has 186 valence electrons. The predicted molar refractivity (Wildman–Crippen MR) is 126 cm³/mol. The summed E-state index contributed by atoms with van der Waals surface area (Å²) in [6, 6.07) is 3.73. The first-order valence-corrected chi connectivity index (χ1v) is 12.1. The molecule has 1 aliphatic heterocycles. The summed E-state index contributed by atoms with van der Waals surface area (Å²) < 4.78 is 27.9. The highest BCUT2D eigenvalue weighted by atomic mass is 19.1. The van der Waals surface area contributed by atoms with Gasteiger partial charge in [-0.3, -0.25) is 9.50 Å². The van der Waals surface area contributed by atoms with E-state index in [0.29, 0.717) is 43.5 Å². The van der Waals surface area contributed by atoms with Crippen molar-refractivity contribution in [2.75, 3.05) is 36.5 Å². The molecule has 3 aromatic rings. The van der Waals surface area contributed by atoms with E-state index < -0.39 is 24.3 Å². The van der Waals surface area contributed by atoms with Crippen molar-refractivity contribution in [1.29, 1.82) is 0 Å². The van der Waals surface area contributed by atoms with Crippen LogP contribution in [-0.2, 0) is 9.47 Å². The number of imidazole rings is 1. The van der Waals surface area contributed by atoms with Crippen molar-refractivity contribution in [2.45, 2.75) is 56.3 Å². The normalized spacial score (nSPS) is 25.5. The lowest BCUT2D eigenvalue weighted by atomic mass is 10.0. The van der Waals surface area contributed by atoms with E-state index in [0.717, 1.165) is 37.4 Å². The van der Waals surface area contributed by atoms with Crippen LogP contribution in [0.25, 0.3) is 5.65 Å². The number of hydrogen-bond donors (Lipinski definition) is 3. The molecular formula is C23H29FN8O3. The van der Waals surface area contributed by atoms with E-state index >= 15 is 4.39 Å². The van der Waals surface area contributed by atoms with Crippen LogP contribution in [-0.4, -0.2) is 74.8 Å². The first-order valence-electron chi connectivity index (χ1n) is 12.1. The van der Waals surface area contributed by atoms with Crippen LogP contribution in [0.5, 0.6) is 0 Å². The van der Waals surface area contributed by atoms with Gasteiger partial charge in [-0.2, -0.15) is 10.1 Å². The summed E-state index contributed by atoms with van der Waals surface area (Å²) in [6.07, 6.45) is 3.82. The Bertz CT molecular complexity index is 1220. The highest BCUT2D eigenvalue weighted by molar-refractivity contribution is 5.69. The first-order chi connectivity index (χ1) is 17.0. The number of nitrogens with zero attached hydrogens (tertiary/aromatic N) is 5. The molecule has 3 N–H and O–H groups in total. The number of morpholine rings is 1. The SMILES string of the molecule is CC1(NC(=O)O[C@H]2CC[C@@H](c3cc(Nc4nc(N5CCOCC5)cc5nccn45)n[nH]3)[C@@H]2F)CC1. The fourth-order valence-electron chi connectivity index (χ4n) is 4.76. The molecule has 0 spiro atoms. The van der Waals surface area contributed by atoms with Crippen LogP contribution in [0.4, 0.5) is 26.8 Å². The van der Waals surface area contributed by atoms with Gasteiger partial charge in [0, 0.05) is 54.8 Å². The van der Waals surface area contributed by atoms with Crippen molar-refractivity contribution in [1.82, 2.24) is 29.9 Å². The number of amides is 1. The van der Waals surface area contributed by atoms with Gasteiger partial charge in [0.2, 0.25) is 5.95 Å². The summed E-state index contributed by atoms with van der Waals surface area (Å²) in [7, 11) is 0. The molecule has 3 fully saturated rings. The van der Waals surface area contributed by atoms with Crippen molar-refractivity contribution in [3.8, 4) is 0 Å². The Morgan fingerprint density at radius 3 is 2.91 bits per heavy atom. The monoisotopic (exact) mass is 484 g/mol. The maximum absolute atomic E-state index is 15.2. The number of aromatic amines is 1. The number of ether oxygens (including phenoxy) is 2. The Labute approximate surface area is 201 Å². The number of alkyl halides is 1. The molecule has 1 amide bonds. The van der Waals surface area contributed by atoms with Gasteiger partial charge in [0.15, 0.2) is 5.82 Å². The molecule has 0 bridgehead atoms. The molecule has 11 nitrogen and oxygen atoms in total. The van der Waals surface area contributed by atoms with Gasteiger partial charge in [0.25, 0.3) is 0 Å². The Balaban J connectivity index is 1.15. The molecule has 1 saturated heterocycles. The lowest BCUT2D eigenvalue weighted by Gasteiger charge is -2.28. The predicted octanol–water partition coefficient (Wildman–Crippen LogP) is 2.90. The Morgan fingerprint density at radius 1 is 1.29 bits per heavy atom. The number of carbonyl (C=O) groups excluding carboxylic acids is 1. The van der Waals surface area contributed by atoms with Gasteiger partial charge in [0.1, 0.15) is 23.7 Å². The van der Waals surface area contributed by atoms with Gasteiger partial charge in [-0.25, -0.2) is 14.2 Å². The molecule has 3 aliphatic rings. The number of H-pyrrole nitrogens is 1. The summed E-state index contributed by atoms with van der Waals surface area (Å²) in [5, 5.41) is 13.4. The molecule has 0 unspecified atom stereocenters. The van der Waals surface area contributed by atoms with Gasteiger partial charge in [-0.1, -0.05) is 0 Å². The molecule has 6 rings (SSSR count). The topological polar surface area (TPSA) is 122 Å². The van der Waals surface area contributed by atoms with Crippen LogP contribution >= 0.6 is 0 Å². The van der Waals surface area contributed by atoms with Crippen molar-refractivity contribution in [2.24, 2.45) is 0 Å². The van der Waals surface area contributed by atoms with E-state index in [4.69, 9.17) is 14.5 Å². The fraction of sp³-hybridized carbons (Fsp3) is 0.565. The lowest BCUT2D eigenvalue weighted by molar-refractivity contribution is 0.0546. The molecule has 2 aliphatic carbocycles. The van der Waals surface area contributed by atoms with Crippen LogP contribution < -0.4 is 15.5 Å². The minimum atomic E-state index is -1.30. The van der Waals surface area contributed by atoms with Crippen LogP contribution in [0.3, 0.4) is 0 Å². The molecule has 12 heteroatoms. The highest BCUT2D eigenvalue weighted by Gasteiger charge is 2.43. The van der Waals surface area contributed by atoms with Crippen LogP contribution in [0, 0.1) is 0 Å². The average Bonchev–Trinajstić information content (AvgIpc) is 3.22. The Kier molecular flexibility index (Phi) is 5.47.